The van der Waals surface area contributed by atoms with Crippen LogP contribution in [-0.4, -0.2) is 48.4 Å². The van der Waals surface area contributed by atoms with Crippen molar-refractivity contribution in [3.05, 3.63) is 29.8 Å². The Balaban J connectivity index is 1.83. The van der Waals surface area contributed by atoms with Crippen molar-refractivity contribution in [3.8, 4) is 5.75 Å². The fourth-order valence-electron chi connectivity index (χ4n) is 2.71. The molecule has 5 heteroatoms. The third kappa shape index (κ3) is 4.11. The highest BCUT2D eigenvalue weighted by Crippen LogP contribution is 2.19. The van der Waals surface area contributed by atoms with Crippen LogP contribution in [0.1, 0.15) is 25.3 Å². The predicted octanol–water partition coefficient (Wildman–Crippen LogP) is 1.79. The molecule has 0 saturated carbocycles. The summed E-state index contributed by atoms with van der Waals surface area (Å²) in [5, 5.41) is 12.2. The number of nitrogens with one attached hydrogen (secondary N) is 1. The van der Waals surface area contributed by atoms with Crippen molar-refractivity contribution in [2.75, 3.05) is 26.3 Å². The Morgan fingerprint density at radius 2 is 2.29 bits per heavy atom. The molecule has 0 spiro atoms. The van der Waals surface area contributed by atoms with Crippen LogP contribution in [-0.2, 0) is 6.42 Å². The number of likely N-dealkylation sites (tertiary alicyclic amines) is 1. The first-order chi connectivity index (χ1) is 10.3. The van der Waals surface area contributed by atoms with E-state index >= 15 is 0 Å². The van der Waals surface area contributed by atoms with Gasteiger partial charge in [-0.05, 0) is 37.8 Å². The van der Waals surface area contributed by atoms with Crippen LogP contribution in [0.4, 0.5) is 4.79 Å². The van der Waals surface area contributed by atoms with E-state index in [9.17, 15) is 9.90 Å². The van der Waals surface area contributed by atoms with Crippen molar-refractivity contribution in [3.63, 3.8) is 0 Å². The average Bonchev–Trinajstić information content (AvgIpc) is 2.98. The van der Waals surface area contributed by atoms with Gasteiger partial charge in [-0.25, -0.2) is 4.79 Å². The first-order valence-corrected chi connectivity index (χ1v) is 7.62. The summed E-state index contributed by atoms with van der Waals surface area (Å²) in [6, 6.07) is 7.78. The highest BCUT2D eigenvalue weighted by atomic mass is 16.5. The molecule has 1 unspecified atom stereocenters. The maximum absolute atomic E-state index is 12.1. The third-order valence-electron chi connectivity index (χ3n) is 3.79. The monoisotopic (exact) mass is 292 g/mol. The van der Waals surface area contributed by atoms with E-state index < -0.39 is 0 Å². The van der Waals surface area contributed by atoms with Crippen molar-refractivity contribution in [2.24, 2.45) is 0 Å². The average molecular weight is 292 g/mol. The van der Waals surface area contributed by atoms with Gasteiger partial charge >= 0.3 is 6.03 Å². The van der Waals surface area contributed by atoms with Crippen LogP contribution >= 0.6 is 0 Å². The summed E-state index contributed by atoms with van der Waals surface area (Å²) in [5.41, 5.74) is 1.10. The highest BCUT2D eigenvalue weighted by molar-refractivity contribution is 5.74. The van der Waals surface area contributed by atoms with Gasteiger partial charge < -0.3 is 20.1 Å². The van der Waals surface area contributed by atoms with Crippen molar-refractivity contribution in [2.45, 2.75) is 32.2 Å². The number of rotatable bonds is 6. The van der Waals surface area contributed by atoms with Crippen molar-refractivity contribution in [1.82, 2.24) is 10.2 Å². The van der Waals surface area contributed by atoms with Gasteiger partial charge in [0.25, 0.3) is 0 Å². The second kappa shape index (κ2) is 7.88. The van der Waals surface area contributed by atoms with Crippen molar-refractivity contribution < 1.29 is 14.6 Å². The lowest BCUT2D eigenvalue weighted by Crippen LogP contribution is -2.44. The zero-order valence-electron chi connectivity index (χ0n) is 12.5. The normalized spacial score (nSPS) is 17.8. The Hall–Kier alpha value is -1.75. The summed E-state index contributed by atoms with van der Waals surface area (Å²) >= 11 is 0. The van der Waals surface area contributed by atoms with Crippen LogP contribution in [0.3, 0.4) is 0 Å². The number of aliphatic hydroxyl groups excluding tert-OH is 1. The molecule has 0 aliphatic carbocycles. The zero-order chi connectivity index (χ0) is 15.1. The van der Waals surface area contributed by atoms with Gasteiger partial charge in [0.05, 0.1) is 19.3 Å². The molecule has 1 saturated heterocycles. The van der Waals surface area contributed by atoms with Crippen LogP contribution < -0.4 is 10.1 Å². The summed E-state index contributed by atoms with van der Waals surface area (Å²) < 4.78 is 5.57. The lowest BCUT2D eigenvalue weighted by Gasteiger charge is -2.23. The fourth-order valence-corrected chi connectivity index (χ4v) is 2.71. The number of nitrogens with zero attached hydrogens (tertiary/aromatic N) is 1. The van der Waals surface area contributed by atoms with E-state index in [0.29, 0.717) is 13.2 Å². The molecule has 2 amide bonds. The van der Waals surface area contributed by atoms with Crippen LogP contribution in [0.5, 0.6) is 5.75 Å². The molecule has 2 rings (SSSR count). The first kappa shape index (κ1) is 15.6. The van der Waals surface area contributed by atoms with Gasteiger partial charge in [-0.15, -0.1) is 0 Å². The summed E-state index contributed by atoms with van der Waals surface area (Å²) in [4.78, 5) is 13.8. The zero-order valence-corrected chi connectivity index (χ0v) is 12.5. The minimum atomic E-state index is -0.0829. The predicted molar refractivity (Wildman–Crippen MR) is 81.5 cm³/mol. The third-order valence-corrected chi connectivity index (χ3v) is 3.79. The Morgan fingerprint density at radius 3 is 3.05 bits per heavy atom. The summed E-state index contributed by atoms with van der Waals surface area (Å²) in [6.45, 7) is 3.93. The Labute approximate surface area is 125 Å². The SMILES string of the molecule is CCOc1ccccc1CCNC(=O)N1CCCC1CO. The smallest absolute Gasteiger partial charge is 0.317 e. The molecule has 116 valence electrons. The molecular formula is C16H24N2O3. The summed E-state index contributed by atoms with van der Waals surface area (Å²) in [5.74, 6) is 0.878. The van der Waals surface area contributed by atoms with Gasteiger partial charge in [0, 0.05) is 13.1 Å². The second-order valence-corrected chi connectivity index (χ2v) is 5.19. The molecule has 5 nitrogen and oxygen atoms in total. The van der Waals surface area contributed by atoms with E-state index in [1.165, 1.54) is 0 Å². The van der Waals surface area contributed by atoms with E-state index in [1.54, 1.807) is 4.90 Å². The fraction of sp³-hybridized carbons (Fsp3) is 0.562. The van der Waals surface area contributed by atoms with Gasteiger partial charge in [0.2, 0.25) is 0 Å². The molecule has 1 aromatic carbocycles. The lowest BCUT2D eigenvalue weighted by atomic mass is 10.1. The minimum Gasteiger partial charge on any atom is -0.494 e. The molecule has 0 radical (unpaired) electrons. The maximum Gasteiger partial charge on any atom is 0.317 e. The van der Waals surface area contributed by atoms with Gasteiger partial charge in [-0.3, -0.25) is 0 Å². The largest absolute Gasteiger partial charge is 0.494 e. The maximum atomic E-state index is 12.1. The lowest BCUT2D eigenvalue weighted by molar-refractivity contribution is 0.157. The van der Waals surface area contributed by atoms with E-state index in [1.807, 2.05) is 31.2 Å². The number of hydrogen-bond donors (Lipinski definition) is 2. The minimum absolute atomic E-state index is 0.0271. The number of ether oxygens (including phenoxy) is 1. The van der Waals surface area contributed by atoms with Crippen LogP contribution in [0.15, 0.2) is 24.3 Å². The molecular weight excluding hydrogens is 268 g/mol. The molecule has 1 fully saturated rings. The molecule has 21 heavy (non-hydrogen) atoms. The molecule has 0 bridgehead atoms. The van der Waals surface area contributed by atoms with E-state index in [-0.39, 0.29) is 18.7 Å². The number of aliphatic hydroxyl groups is 1. The molecule has 1 atom stereocenters. The quantitative estimate of drug-likeness (QED) is 0.840. The molecule has 1 heterocycles. The van der Waals surface area contributed by atoms with Crippen LogP contribution in [0.25, 0.3) is 0 Å². The Bertz CT molecular complexity index is 465. The Kier molecular flexibility index (Phi) is 5.87. The summed E-state index contributed by atoms with van der Waals surface area (Å²) in [7, 11) is 0. The number of amides is 2. The van der Waals surface area contributed by atoms with Crippen molar-refractivity contribution in [1.29, 1.82) is 0 Å². The molecule has 1 aromatic rings. The number of benzene rings is 1. The van der Waals surface area contributed by atoms with Gasteiger partial charge in [-0.2, -0.15) is 0 Å². The molecule has 2 N–H and O–H groups in total. The molecule has 0 aromatic heterocycles. The second-order valence-electron chi connectivity index (χ2n) is 5.19. The summed E-state index contributed by atoms with van der Waals surface area (Å²) in [6.07, 6.45) is 2.59. The van der Waals surface area contributed by atoms with E-state index in [4.69, 9.17) is 4.74 Å². The molecule has 1 aliphatic heterocycles. The molecule has 1 aliphatic rings. The first-order valence-electron chi connectivity index (χ1n) is 7.62. The Morgan fingerprint density at radius 1 is 1.48 bits per heavy atom. The van der Waals surface area contributed by atoms with E-state index in [2.05, 4.69) is 5.32 Å². The number of urea groups is 1. The number of carbonyl (C=O) groups excluding carboxylic acids is 1. The topological polar surface area (TPSA) is 61.8 Å². The van der Waals surface area contributed by atoms with Crippen LogP contribution in [0.2, 0.25) is 0 Å². The highest BCUT2D eigenvalue weighted by Gasteiger charge is 2.27. The number of para-hydroxylation sites is 1. The number of hydrogen-bond acceptors (Lipinski definition) is 3. The van der Waals surface area contributed by atoms with Gasteiger partial charge in [0.1, 0.15) is 5.75 Å². The van der Waals surface area contributed by atoms with E-state index in [0.717, 1.165) is 37.1 Å². The van der Waals surface area contributed by atoms with Gasteiger partial charge in [-0.1, -0.05) is 18.2 Å². The van der Waals surface area contributed by atoms with Crippen LogP contribution in [0, 0.1) is 0 Å². The van der Waals surface area contributed by atoms with Gasteiger partial charge in [0.15, 0.2) is 0 Å². The standard InChI is InChI=1S/C16H24N2O3/c1-2-21-15-8-4-3-6-13(15)9-10-17-16(20)18-11-5-7-14(18)12-19/h3-4,6,8,14,19H,2,5,7,9-12H2,1H3,(H,17,20). The number of carbonyl (C=O) groups is 1. The van der Waals surface area contributed by atoms with Crippen molar-refractivity contribution >= 4 is 6.03 Å².